The summed E-state index contributed by atoms with van der Waals surface area (Å²) in [6, 6.07) is 8.13. The largest absolute Gasteiger partial charge is 0.381 e. The second-order valence-electron chi connectivity index (χ2n) is 4.44. The van der Waals surface area contributed by atoms with Crippen molar-refractivity contribution in [2.24, 2.45) is 7.05 Å². The molecule has 1 aromatic heterocycles. The van der Waals surface area contributed by atoms with Crippen molar-refractivity contribution in [3.8, 4) is 0 Å². The van der Waals surface area contributed by atoms with Crippen molar-refractivity contribution < 1.29 is 8.42 Å². The maximum absolute atomic E-state index is 12.0. The van der Waals surface area contributed by atoms with Gasteiger partial charge in [-0.2, -0.15) is 5.10 Å². The molecule has 0 aliphatic heterocycles. The molecule has 1 heterocycles. The minimum atomic E-state index is -3.52. The molecular weight excluding hydrogens is 372 g/mol. The van der Waals surface area contributed by atoms with Gasteiger partial charge in [-0.1, -0.05) is 18.2 Å². The van der Waals surface area contributed by atoms with Crippen molar-refractivity contribution >= 4 is 31.6 Å². The number of halogens is 1. The normalized spacial score (nSPS) is 11.4. The molecule has 0 atom stereocenters. The van der Waals surface area contributed by atoms with Crippen LogP contribution in [0.5, 0.6) is 0 Å². The van der Waals surface area contributed by atoms with E-state index in [1.165, 1.54) is 23.0 Å². The predicted octanol–water partition coefficient (Wildman–Crippen LogP) is 0.933. The highest BCUT2D eigenvalue weighted by molar-refractivity contribution is 9.10. The van der Waals surface area contributed by atoms with Crippen LogP contribution in [0.15, 0.2) is 50.7 Å². The Bertz CT molecular complexity index is 806. The van der Waals surface area contributed by atoms with Gasteiger partial charge in [0.2, 0.25) is 10.0 Å². The lowest BCUT2D eigenvalue weighted by Crippen LogP contribution is -2.29. The Hall–Kier alpha value is -1.71. The third-order valence-electron chi connectivity index (χ3n) is 2.86. The highest BCUT2D eigenvalue weighted by atomic mass is 79.9. The van der Waals surface area contributed by atoms with Gasteiger partial charge in [0.15, 0.2) is 0 Å². The van der Waals surface area contributed by atoms with Gasteiger partial charge in [-0.25, -0.2) is 17.8 Å². The van der Waals surface area contributed by atoms with Crippen LogP contribution in [-0.4, -0.2) is 31.3 Å². The molecule has 0 bridgehead atoms. The monoisotopic (exact) mass is 386 g/mol. The fraction of sp³-hybridized carbons (Fsp3) is 0.231. The van der Waals surface area contributed by atoms with Crippen molar-refractivity contribution in [3.05, 3.63) is 51.4 Å². The molecule has 0 amide bonds. The quantitative estimate of drug-likeness (QED) is 0.720. The molecule has 22 heavy (non-hydrogen) atoms. The third-order valence-corrected chi connectivity index (χ3v) is 5.11. The van der Waals surface area contributed by atoms with E-state index in [0.29, 0.717) is 16.7 Å². The first kappa shape index (κ1) is 16.7. The first-order valence-corrected chi connectivity index (χ1v) is 8.70. The number of hydrogen-bond acceptors (Lipinski definition) is 5. The van der Waals surface area contributed by atoms with Crippen LogP contribution in [0.4, 0.5) is 5.69 Å². The van der Waals surface area contributed by atoms with Gasteiger partial charge in [-0.15, -0.1) is 0 Å². The molecular formula is C13H15BrN4O3S. The summed E-state index contributed by atoms with van der Waals surface area (Å²) in [7, 11) is -1.98. The number of benzene rings is 1. The van der Waals surface area contributed by atoms with E-state index in [2.05, 4.69) is 31.1 Å². The van der Waals surface area contributed by atoms with E-state index in [9.17, 15) is 13.2 Å². The lowest BCUT2D eigenvalue weighted by Gasteiger charge is -2.10. The van der Waals surface area contributed by atoms with Crippen molar-refractivity contribution in [1.82, 2.24) is 14.5 Å². The fourth-order valence-electron chi connectivity index (χ4n) is 1.70. The van der Waals surface area contributed by atoms with Crippen LogP contribution in [-0.2, 0) is 17.1 Å². The second-order valence-corrected chi connectivity index (χ2v) is 7.00. The molecule has 9 heteroatoms. The fourth-order valence-corrected chi connectivity index (χ4v) is 3.25. The molecule has 0 radical (unpaired) electrons. The van der Waals surface area contributed by atoms with Gasteiger partial charge in [0.25, 0.3) is 5.56 Å². The summed E-state index contributed by atoms with van der Waals surface area (Å²) in [5.74, 6) is 0. The summed E-state index contributed by atoms with van der Waals surface area (Å²) in [4.78, 5) is 11.9. The third kappa shape index (κ3) is 3.93. The molecule has 0 unspecified atom stereocenters. The summed E-state index contributed by atoms with van der Waals surface area (Å²) >= 11 is 3.18. The molecule has 0 saturated carbocycles. The van der Waals surface area contributed by atoms with E-state index in [1.54, 1.807) is 25.2 Å². The lowest BCUT2D eigenvalue weighted by molar-refractivity contribution is 0.583. The first-order chi connectivity index (χ1) is 10.4. The van der Waals surface area contributed by atoms with Gasteiger partial charge in [0.1, 0.15) is 4.47 Å². The molecule has 0 saturated heterocycles. The molecule has 118 valence electrons. The van der Waals surface area contributed by atoms with Crippen molar-refractivity contribution in [3.63, 3.8) is 0 Å². The summed E-state index contributed by atoms with van der Waals surface area (Å²) in [5, 5.41) is 6.84. The standard InChI is InChI=1S/C13H15BrN4O3S/c1-18-13(19)12(14)11(9-16-18)15-7-8-17-22(20,21)10-5-3-2-4-6-10/h2-6,9,15,17H,7-8H2,1H3. The number of aromatic nitrogens is 2. The van der Waals surface area contributed by atoms with Gasteiger partial charge < -0.3 is 5.32 Å². The van der Waals surface area contributed by atoms with E-state index in [1.807, 2.05) is 0 Å². The number of hydrogen-bond donors (Lipinski definition) is 2. The van der Waals surface area contributed by atoms with Gasteiger partial charge in [0, 0.05) is 20.1 Å². The van der Waals surface area contributed by atoms with E-state index < -0.39 is 10.0 Å². The van der Waals surface area contributed by atoms with E-state index in [0.717, 1.165) is 0 Å². The first-order valence-electron chi connectivity index (χ1n) is 6.42. The Morgan fingerprint density at radius 1 is 1.23 bits per heavy atom. The highest BCUT2D eigenvalue weighted by Crippen LogP contribution is 2.15. The van der Waals surface area contributed by atoms with E-state index in [4.69, 9.17) is 0 Å². The summed E-state index contributed by atoms with van der Waals surface area (Å²) < 4.78 is 28.0. The zero-order valence-electron chi connectivity index (χ0n) is 11.8. The van der Waals surface area contributed by atoms with Crippen LogP contribution in [0.3, 0.4) is 0 Å². The molecule has 1 aromatic carbocycles. The number of nitrogens with one attached hydrogen (secondary N) is 2. The molecule has 0 fully saturated rings. The lowest BCUT2D eigenvalue weighted by atomic mass is 10.4. The predicted molar refractivity (Wildman–Crippen MR) is 87.3 cm³/mol. The van der Waals surface area contributed by atoms with Crippen LogP contribution < -0.4 is 15.6 Å². The Morgan fingerprint density at radius 2 is 1.91 bits per heavy atom. The molecule has 0 aliphatic carbocycles. The zero-order chi connectivity index (χ0) is 16.2. The zero-order valence-corrected chi connectivity index (χ0v) is 14.2. The second kappa shape index (κ2) is 7.03. The average Bonchev–Trinajstić information content (AvgIpc) is 2.52. The summed E-state index contributed by atoms with van der Waals surface area (Å²) in [5.41, 5.74) is 0.247. The Morgan fingerprint density at radius 3 is 2.59 bits per heavy atom. The number of aryl methyl sites for hydroxylation is 1. The minimum Gasteiger partial charge on any atom is -0.381 e. The Balaban J connectivity index is 1.93. The number of rotatable bonds is 6. The van der Waals surface area contributed by atoms with Gasteiger partial charge in [-0.05, 0) is 28.1 Å². The molecule has 2 rings (SSSR count). The molecule has 0 aliphatic rings. The average molecular weight is 387 g/mol. The minimum absolute atomic E-state index is 0.179. The highest BCUT2D eigenvalue weighted by Gasteiger charge is 2.12. The molecule has 2 N–H and O–H groups in total. The summed E-state index contributed by atoms with van der Waals surface area (Å²) in [6.45, 7) is 0.498. The van der Waals surface area contributed by atoms with Gasteiger partial charge in [-0.3, -0.25) is 4.79 Å². The molecule has 0 spiro atoms. The smallest absolute Gasteiger partial charge is 0.282 e. The van der Waals surface area contributed by atoms with Crippen LogP contribution in [0.1, 0.15) is 0 Å². The van der Waals surface area contributed by atoms with Crippen LogP contribution >= 0.6 is 15.9 Å². The summed E-state index contributed by atoms with van der Waals surface area (Å²) in [6.07, 6.45) is 1.50. The van der Waals surface area contributed by atoms with Gasteiger partial charge in [0.05, 0.1) is 16.8 Å². The number of anilines is 1. The van der Waals surface area contributed by atoms with E-state index >= 15 is 0 Å². The number of sulfonamides is 1. The van der Waals surface area contributed by atoms with Crippen molar-refractivity contribution in [1.29, 1.82) is 0 Å². The maximum Gasteiger partial charge on any atom is 0.282 e. The van der Waals surface area contributed by atoms with Crippen molar-refractivity contribution in [2.75, 3.05) is 18.4 Å². The van der Waals surface area contributed by atoms with Crippen LogP contribution in [0.25, 0.3) is 0 Å². The Labute approximate surface area is 136 Å². The Kier molecular flexibility index (Phi) is 5.33. The van der Waals surface area contributed by atoms with Crippen LogP contribution in [0.2, 0.25) is 0 Å². The van der Waals surface area contributed by atoms with E-state index in [-0.39, 0.29) is 17.0 Å². The maximum atomic E-state index is 12.0. The SMILES string of the molecule is Cn1ncc(NCCNS(=O)(=O)c2ccccc2)c(Br)c1=O. The topological polar surface area (TPSA) is 93.1 Å². The van der Waals surface area contributed by atoms with Gasteiger partial charge >= 0.3 is 0 Å². The van der Waals surface area contributed by atoms with Crippen LogP contribution in [0, 0.1) is 0 Å². The molecule has 7 nitrogen and oxygen atoms in total. The number of nitrogens with zero attached hydrogens (tertiary/aromatic N) is 2. The van der Waals surface area contributed by atoms with Crippen molar-refractivity contribution in [2.45, 2.75) is 4.90 Å². The molecule has 2 aromatic rings.